The number of rotatable bonds is 3. The maximum atomic E-state index is 12.2. The zero-order chi connectivity index (χ0) is 15.4. The van der Waals surface area contributed by atoms with Gasteiger partial charge in [-0.3, -0.25) is 0 Å². The molecule has 2 rings (SSSR count). The van der Waals surface area contributed by atoms with Crippen molar-refractivity contribution in [2.24, 2.45) is 11.8 Å². The second kappa shape index (κ2) is 6.61. The van der Waals surface area contributed by atoms with E-state index in [1.807, 2.05) is 0 Å². The maximum Gasteiger partial charge on any atom is 0.335 e. The molecule has 0 saturated carbocycles. The minimum atomic E-state index is -0.996. The molecule has 114 valence electrons. The number of carboxylic acid groups (broad SMARTS) is 1. The first-order chi connectivity index (χ1) is 9.97. The number of hydrogen-bond donors (Lipinski definition) is 2. The molecule has 0 spiro atoms. The number of amides is 2. The number of carbonyl (C=O) groups excluding carboxylic acids is 1. The number of nitrogens with zero attached hydrogens (tertiary/aromatic N) is 1. The number of anilines is 1. The minimum absolute atomic E-state index is 0.153. The number of urea groups is 1. The summed E-state index contributed by atoms with van der Waals surface area (Å²) < 4.78 is 0. The summed E-state index contributed by atoms with van der Waals surface area (Å²) in [5.74, 6) is 0.343. The highest BCUT2D eigenvalue weighted by atomic mass is 16.4. The molecule has 1 aliphatic heterocycles. The molecular formula is C16H22N2O3. The Hall–Kier alpha value is -2.04. The van der Waals surface area contributed by atoms with Gasteiger partial charge in [-0.1, -0.05) is 19.9 Å². The zero-order valence-corrected chi connectivity index (χ0v) is 12.5. The number of nitrogens with one attached hydrogen (secondary N) is 1. The first kappa shape index (κ1) is 15.4. The van der Waals surface area contributed by atoms with Crippen molar-refractivity contribution in [2.75, 3.05) is 18.4 Å². The van der Waals surface area contributed by atoms with Gasteiger partial charge >= 0.3 is 12.0 Å². The van der Waals surface area contributed by atoms with Gasteiger partial charge in [-0.05, 0) is 42.9 Å². The van der Waals surface area contributed by atoms with E-state index in [2.05, 4.69) is 19.2 Å². The second-order valence-electron chi connectivity index (χ2n) is 5.88. The van der Waals surface area contributed by atoms with E-state index in [4.69, 9.17) is 5.11 Å². The van der Waals surface area contributed by atoms with Crippen LogP contribution in [-0.4, -0.2) is 35.1 Å². The molecule has 1 aromatic rings. The molecule has 2 N–H and O–H groups in total. The number of carboxylic acids is 1. The largest absolute Gasteiger partial charge is 0.478 e. The van der Waals surface area contributed by atoms with E-state index in [-0.39, 0.29) is 11.6 Å². The van der Waals surface area contributed by atoms with Crippen LogP contribution in [0.3, 0.4) is 0 Å². The Bertz CT molecular complexity index is 520. The smallest absolute Gasteiger partial charge is 0.335 e. The lowest BCUT2D eigenvalue weighted by Crippen LogP contribution is -2.41. The molecule has 0 atom stereocenters. The van der Waals surface area contributed by atoms with Crippen molar-refractivity contribution in [1.29, 1.82) is 0 Å². The molecule has 0 aromatic heterocycles. The summed E-state index contributed by atoms with van der Waals surface area (Å²) in [5, 5.41) is 11.7. The normalized spacial score (nSPS) is 16.0. The third-order valence-corrected chi connectivity index (χ3v) is 4.13. The van der Waals surface area contributed by atoms with Gasteiger partial charge in [0.1, 0.15) is 0 Å². The third-order valence-electron chi connectivity index (χ3n) is 4.13. The van der Waals surface area contributed by atoms with E-state index >= 15 is 0 Å². The van der Waals surface area contributed by atoms with Gasteiger partial charge in [0, 0.05) is 18.8 Å². The Kier molecular flexibility index (Phi) is 4.83. The number of aromatic carboxylic acids is 1. The van der Waals surface area contributed by atoms with E-state index in [0.717, 1.165) is 25.9 Å². The van der Waals surface area contributed by atoms with E-state index in [1.165, 1.54) is 12.1 Å². The summed E-state index contributed by atoms with van der Waals surface area (Å²) in [7, 11) is 0. The lowest BCUT2D eigenvalue weighted by Gasteiger charge is -2.33. The lowest BCUT2D eigenvalue weighted by atomic mass is 9.87. The Balaban J connectivity index is 1.93. The Morgan fingerprint density at radius 2 is 1.95 bits per heavy atom. The molecule has 1 aromatic carbocycles. The van der Waals surface area contributed by atoms with Crippen LogP contribution < -0.4 is 5.32 Å². The molecule has 2 amide bonds. The molecule has 1 heterocycles. The van der Waals surface area contributed by atoms with Crippen molar-refractivity contribution in [3.05, 3.63) is 29.8 Å². The third kappa shape index (κ3) is 3.97. The van der Waals surface area contributed by atoms with Crippen molar-refractivity contribution in [1.82, 2.24) is 4.90 Å². The van der Waals surface area contributed by atoms with Crippen molar-refractivity contribution in [3.8, 4) is 0 Å². The molecule has 0 radical (unpaired) electrons. The van der Waals surface area contributed by atoms with Crippen LogP contribution in [0.25, 0.3) is 0 Å². The van der Waals surface area contributed by atoms with E-state index < -0.39 is 5.97 Å². The van der Waals surface area contributed by atoms with Gasteiger partial charge in [0.05, 0.1) is 5.56 Å². The van der Waals surface area contributed by atoms with Crippen LogP contribution >= 0.6 is 0 Å². The van der Waals surface area contributed by atoms with Crippen molar-refractivity contribution >= 4 is 17.7 Å². The van der Waals surface area contributed by atoms with Crippen LogP contribution in [0.2, 0.25) is 0 Å². The van der Waals surface area contributed by atoms with Crippen LogP contribution in [0.5, 0.6) is 0 Å². The van der Waals surface area contributed by atoms with Crippen LogP contribution in [0, 0.1) is 11.8 Å². The first-order valence-electron chi connectivity index (χ1n) is 7.36. The van der Waals surface area contributed by atoms with Gasteiger partial charge < -0.3 is 15.3 Å². The molecule has 1 fully saturated rings. The average molecular weight is 290 g/mol. The second-order valence-corrected chi connectivity index (χ2v) is 5.88. The molecule has 5 nitrogen and oxygen atoms in total. The summed E-state index contributed by atoms with van der Waals surface area (Å²) in [5.41, 5.74) is 0.692. The number of hydrogen-bond acceptors (Lipinski definition) is 2. The van der Waals surface area contributed by atoms with Gasteiger partial charge in [0.15, 0.2) is 0 Å². The predicted octanol–water partition coefficient (Wildman–Crippen LogP) is 3.28. The summed E-state index contributed by atoms with van der Waals surface area (Å²) in [6.07, 6.45) is 2.06. The number of benzene rings is 1. The summed E-state index contributed by atoms with van der Waals surface area (Å²) >= 11 is 0. The van der Waals surface area contributed by atoms with Crippen molar-refractivity contribution in [3.63, 3.8) is 0 Å². The van der Waals surface area contributed by atoms with Crippen molar-refractivity contribution in [2.45, 2.75) is 26.7 Å². The van der Waals surface area contributed by atoms with E-state index in [0.29, 0.717) is 17.5 Å². The highest BCUT2D eigenvalue weighted by Crippen LogP contribution is 2.24. The number of piperidine rings is 1. The van der Waals surface area contributed by atoms with E-state index in [1.54, 1.807) is 17.0 Å². The maximum absolute atomic E-state index is 12.2. The monoisotopic (exact) mass is 290 g/mol. The highest BCUT2D eigenvalue weighted by molar-refractivity contribution is 5.93. The SMILES string of the molecule is CC(C)C1CCN(C(=O)Nc2cccc(C(=O)O)c2)CC1. The van der Waals surface area contributed by atoms with Crippen molar-refractivity contribution < 1.29 is 14.7 Å². The number of carbonyl (C=O) groups is 2. The van der Waals surface area contributed by atoms with Crippen LogP contribution in [0.15, 0.2) is 24.3 Å². The summed E-state index contributed by atoms with van der Waals surface area (Å²) in [6.45, 7) is 5.95. The quantitative estimate of drug-likeness (QED) is 0.897. The molecule has 21 heavy (non-hydrogen) atoms. The molecule has 5 heteroatoms. The molecule has 1 aliphatic rings. The zero-order valence-electron chi connectivity index (χ0n) is 12.5. The highest BCUT2D eigenvalue weighted by Gasteiger charge is 2.24. The van der Waals surface area contributed by atoms with Crippen LogP contribution in [-0.2, 0) is 0 Å². The van der Waals surface area contributed by atoms with Gasteiger partial charge in [-0.2, -0.15) is 0 Å². The molecule has 0 bridgehead atoms. The Labute approximate surface area is 125 Å². The predicted molar refractivity (Wildman–Crippen MR) is 81.6 cm³/mol. The molecule has 0 unspecified atom stereocenters. The Morgan fingerprint density at radius 1 is 1.29 bits per heavy atom. The minimum Gasteiger partial charge on any atom is -0.478 e. The van der Waals surface area contributed by atoms with Gasteiger partial charge in [0.2, 0.25) is 0 Å². The molecule has 1 saturated heterocycles. The molecular weight excluding hydrogens is 268 g/mol. The fourth-order valence-electron chi connectivity index (χ4n) is 2.70. The van der Waals surface area contributed by atoms with Gasteiger partial charge in [-0.15, -0.1) is 0 Å². The standard InChI is InChI=1S/C16H22N2O3/c1-11(2)12-6-8-18(9-7-12)16(21)17-14-5-3-4-13(10-14)15(19)20/h3-5,10-12H,6-9H2,1-2H3,(H,17,21)(H,19,20). The first-order valence-corrected chi connectivity index (χ1v) is 7.36. The average Bonchev–Trinajstić information content (AvgIpc) is 2.47. The van der Waals surface area contributed by atoms with E-state index in [9.17, 15) is 9.59 Å². The summed E-state index contributed by atoms with van der Waals surface area (Å²) in [6, 6.07) is 6.16. The topological polar surface area (TPSA) is 69.6 Å². The van der Waals surface area contributed by atoms with Crippen LogP contribution in [0.4, 0.5) is 10.5 Å². The van der Waals surface area contributed by atoms with Crippen LogP contribution in [0.1, 0.15) is 37.0 Å². The lowest BCUT2D eigenvalue weighted by molar-refractivity contribution is 0.0697. The van der Waals surface area contributed by atoms with Gasteiger partial charge in [-0.25, -0.2) is 9.59 Å². The Morgan fingerprint density at radius 3 is 2.52 bits per heavy atom. The summed E-state index contributed by atoms with van der Waals surface area (Å²) in [4.78, 5) is 24.9. The molecule has 0 aliphatic carbocycles. The number of likely N-dealkylation sites (tertiary alicyclic amines) is 1. The van der Waals surface area contributed by atoms with Gasteiger partial charge in [0.25, 0.3) is 0 Å². The fourth-order valence-corrected chi connectivity index (χ4v) is 2.70. The fraction of sp³-hybridized carbons (Fsp3) is 0.500.